The lowest BCUT2D eigenvalue weighted by Gasteiger charge is -2.21. The van der Waals surface area contributed by atoms with Crippen LogP contribution in [0.15, 0.2) is 4.99 Å². The molecular formula is C17H33N5O3S. The molecule has 2 fully saturated rings. The van der Waals surface area contributed by atoms with Crippen molar-refractivity contribution < 1.29 is 13.2 Å². The first-order valence-electron chi connectivity index (χ1n) is 9.76. The Morgan fingerprint density at radius 3 is 2.58 bits per heavy atom. The number of hydrogen-bond donors (Lipinski definition) is 3. The van der Waals surface area contributed by atoms with Crippen LogP contribution >= 0.6 is 0 Å². The lowest BCUT2D eigenvalue weighted by atomic mass is 10.1. The first kappa shape index (κ1) is 21.0. The van der Waals surface area contributed by atoms with Gasteiger partial charge in [-0.15, -0.1) is 0 Å². The molecule has 1 saturated carbocycles. The quantitative estimate of drug-likeness (QED) is 0.315. The average molecular weight is 388 g/mol. The Balaban J connectivity index is 1.79. The summed E-state index contributed by atoms with van der Waals surface area (Å²) in [6.07, 6.45) is 5.32. The molecule has 0 aromatic rings. The van der Waals surface area contributed by atoms with Gasteiger partial charge in [-0.3, -0.25) is 9.79 Å². The Kier molecular flexibility index (Phi) is 8.15. The maximum Gasteiger partial charge on any atom is 0.225 e. The molecule has 1 atom stereocenters. The maximum atomic E-state index is 12.5. The normalized spacial score (nSPS) is 22.0. The fourth-order valence-electron chi connectivity index (χ4n) is 3.49. The number of carbonyl (C=O) groups excluding carboxylic acids is 1. The summed E-state index contributed by atoms with van der Waals surface area (Å²) in [6, 6.07) is 0.186. The summed E-state index contributed by atoms with van der Waals surface area (Å²) < 4.78 is 25.4. The number of aliphatic imine (C=N–C) groups is 1. The van der Waals surface area contributed by atoms with E-state index in [2.05, 4.69) is 20.3 Å². The van der Waals surface area contributed by atoms with E-state index < -0.39 is 10.0 Å². The van der Waals surface area contributed by atoms with Gasteiger partial charge in [-0.25, -0.2) is 13.1 Å². The number of carbonyl (C=O) groups is 1. The van der Waals surface area contributed by atoms with E-state index in [0.29, 0.717) is 25.0 Å². The predicted octanol–water partition coefficient (Wildman–Crippen LogP) is 0.272. The molecule has 9 heteroatoms. The number of nitrogens with zero attached hydrogens (tertiary/aromatic N) is 2. The molecule has 0 aromatic carbocycles. The molecule has 1 unspecified atom stereocenters. The molecule has 1 heterocycles. The number of rotatable bonds is 8. The smallest absolute Gasteiger partial charge is 0.225 e. The summed E-state index contributed by atoms with van der Waals surface area (Å²) >= 11 is 0. The van der Waals surface area contributed by atoms with Crippen molar-refractivity contribution in [3.63, 3.8) is 0 Å². The third-order valence-electron chi connectivity index (χ3n) is 4.97. The lowest BCUT2D eigenvalue weighted by molar-refractivity contribution is -0.134. The van der Waals surface area contributed by atoms with E-state index in [1.54, 1.807) is 6.92 Å². The minimum Gasteiger partial charge on any atom is -0.357 e. The van der Waals surface area contributed by atoms with Gasteiger partial charge in [0.05, 0.1) is 12.3 Å². The van der Waals surface area contributed by atoms with Crippen LogP contribution in [0.3, 0.4) is 0 Å². The van der Waals surface area contributed by atoms with Gasteiger partial charge in [0.15, 0.2) is 5.96 Å². The van der Waals surface area contributed by atoms with E-state index in [9.17, 15) is 13.2 Å². The molecule has 3 N–H and O–H groups in total. The summed E-state index contributed by atoms with van der Waals surface area (Å²) in [5.74, 6) is 1.27. The minimum atomic E-state index is -3.18. The van der Waals surface area contributed by atoms with E-state index in [4.69, 9.17) is 0 Å². The molecule has 8 nitrogen and oxygen atoms in total. The van der Waals surface area contributed by atoms with Gasteiger partial charge in [0, 0.05) is 38.1 Å². The summed E-state index contributed by atoms with van der Waals surface area (Å²) in [6.45, 7) is 6.47. The van der Waals surface area contributed by atoms with Crippen LogP contribution < -0.4 is 15.4 Å². The van der Waals surface area contributed by atoms with Gasteiger partial charge in [-0.05, 0) is 33.1 Å². The molecular weight excluding hydrogens is 354 g/mol. The SMILES string of the molecule is CCNC(=NCCNS(=O)(=O)CC)NC1CCN(C(=O)C2CCCC2)C1. The van der Waals surface area contributed by atoms with Gasteiger partial charge in [0.25, 0.3) is 0 Å². The summed E-state index contributed by atoms with van der Waals surface area (Å²) in [7, 11) is -3.18. The molecule has 26 heavy (non-hydrogen) atoms. The molecule has 0 radical (unpaired) electrons. The zero-order valence-corrected chi connectivity index (χ0v) is 16.8. The number of hydrogen-bond acceptors (Lipinski definition) is 4. The van der Waals surface area contributed by atoms with Crippen molar-refractivity contribution in [3.8, 4) is 0 Å². The standard InChI is InChI=1S/C17H33N5O3S/c1-3-18-17(19-10-11-20-26(24,25)4-2)21-15-9-12-22(13-15)16(23)14-7-5-6-8-14/h14-15,20H,3-13H2,1-2H3,(H2,18,19,21). The number of guanidine groups is 1. The van der Waals surface area contributed by atoms with E-state index in [1.165, 1.54) is 12.8 Å². The summed E-state index contributed by atoms with van der Waals surface area (Å²) in [5.41, 5.74) is 0. The second-order valence-corrected chi connectivity index (χ2v) is 9.05. The van der Waals surface area contributed by atoms with Crippen LogP contribution in [0.25, 0.3) is 0 Å². The zero-order valence-electron chi connectivity index (χ0n) is 16.0. The summed E-state index contributed by atoms with van der Waals surface area (Å²) in [4.78, 5) is 18.9. The first-order chi connectivity index (χ1) is 12.4. The van der Waals surface area contributed by atoms with Gasteiger partial charge in [-0.2, -0.15) is 0 Å². The largest absolute Gasteiger partial charge is 0.357 e. The molecule has 2 rings (SSSR count). The molecule has 1 aliphatic heterocycles. The second kappa shape index (κ2) is 10.1. The zero-order chi connectivity index (χ0) is 19.0. The molecule has 2 aliphatic rings. The Morgan fingerprint density at radius 2 is 1.92 bits per heavy atom. The van der Waals surface area contributed by atoms with Crippen molar-refractivity contribution in [3.05, 3.63) is 0 Å². The molecule has 0 aromatic heterocycles. The van der Waals surface area contributed by atoms with Gasteiger partial charge >= 0.3 is 0 Å². The highest BCUT2D eigenvalue weighted by Crippen LogP contribution is 2.27. The van der Waals surface area contributed by atoms with Crippen LogP contribution in [0.1, 0.15) is 46.0 Å². The van der Waals surface area contributed by atoms with Crippen LogP contribution in [0.4, 0.5) is 0 Å². The Morgan fingerprint density at radius 1 is 1.19 bits per heavy atom. The van der Waals surface area contributed by atoms with E-state index in [0.717, 1.165) is 32.4 Å². The van der Waals surface area contributed by atoms with Crippen LogP contribution in [-0.4, -0.2) is 69.7 Å². The van der Waals surface area contributed by atoms with Gasteiger partial charge < -0.3 is 15.5 Å². The summed E-state index contributed by atoms with van der Waals surface area (Å²) in [5, 5.41) is 6.55. The monoisotopic (exact) mass is 387 g/mol. The van der Waals surface area contributed by atoms with Crippen molar-refractivity contribution in [1.29, 1.82) is 0 Å². The Bertz CT molecular complexity index is 587. The third kappa shape index (κ3) is 6.42. The van der Waals surface area contributed by atoms with Gasteiger partial charge in [0.2, 0.25) is 15.9 Å². The number of nitrogens with one attached hydrogen (secondary N) is 3. The van der Waals surface area contributed by atoms with Crippen LogP contribution in [0, 0.1) is 5.92 Å². The molecule has 0 bridgehead atoms. The van der Waals surface area contributed by atoms with Crippen LogP contribution in [-0.2, 0) is 14.8 Å². The topological polar surface area (TPSA) is 103 Å². The number of sulfonamides is 1. The number of amides is 1. The Hall–Kier alpha value is -1.35. The van der Waals surface area contributed by atoms with Gasteiger partial charge in [-0.1, -0.05) is 12.8 Å². The van der Waals surface area contributed by atoms with Crippen LogP contribution in [0.2, 0.25) is 0 Å². The van der Waals surface area contributed by atoms with Gasteiger partial charge in [0.1, 0.15) is 0 Å². The first-order valence-corrected chi connectivity index (χ1v) is 11.4. The van der Waals surface area contributed by atoms with Crippen molar-refractivity contribution in [2.75, 3.05) is 38.5 Å². The van der Waals surface area contributed by atoms with E-state index in [1.807, 2.05) is 11.8 Å². The molecule has 150 valence electrons. The Labute approximate surface area is 157 Å². The van der Waals surface area contributed by atoms with E-state index >= 15 is 0 Å². The average Bonchev–Trinajstić information content (AvgIpc) is 3.30. The second-order valence-electron chi connectivity index (χ2n) is 6.95. The van der Waals surface area contributed by atoms with E-state index in [-0.39, 0.29) is 24.3 Å². The number of likely N-dealkylation sites (tertiary alicyclic amines) is 1. The highest BCUT2D eigenvalue weighted by molar-refractivity contribution is 7.89. The molecule has 1 saturated heterocycles. The maximum absolute atomic E-state index is 12.5. The van der Waals surface area contributed by atoms with Crippen molar-refractivity contribution >= 4 is 21.9 Å². The fourth-order valence-corrected chi connectivity index (χ4v) is 4.10. The lowest BCUT2D eigenvalue weighted by Crippen LogP contribution is -2.45. The van der Waals surface area contributed by atoms with Crippen molar-refractivity contribution in [1.82, 2.24) is 20.3 Å². The fraction of sp³-hybridized carbons (Fsp3) is 0.882. The third-order valence-corrected chi connectivity index (χ3v) is 6.38. The highest BCUT2D eigenvalue weighted by Gasteiger charge is 2.32. The molecule has 1 amide bonds. The van der Waals surface area contributed by atoms with Crippen molar-refractivity contribution in [2.24, 2.45) is 10.9 Å². The molecule has 1 aliphatic carbocycles. The molecule has 0 spiro atoms. The minimum absolute atomic E-state index is 0.0714. The highest BCUT2D eigenvalue weighted by atomic mass is 32.2. The van der Waals surface area contributed by atoms with Crippen LogP contribution in [0.5, 0.6) is 0 Å². The predicted molar refractivity (Wildman–Crippen MR) is 104 cm³/mol. The van der Waals surface area contributed by atoms with Crippen molar-refractivity contribution in [2.45, 2.75) is 52.0 Å².